The van der Waals surface area contributed by atoms with Gasteiger partial charge < -0.3 is 5.32 Å². The van der Waals surface area contributed by atoms with E-state index in [-0.39, 0.29) is 0 Å². The average molecular weight is 299 g/mol. The van der Waals surface area contributed by atoms with E-state index in [1.54, 1.807) is 11.3 Å². The van der Waals surface area contributed by atoms with E-state index in [0.717, 1.165) is 35.4 Å². The van der Waals surface area contributed by atoms with Crippen LogP contribution in [0.5, 0.6) is 0 Å². The van der Waals surface area contributed by atoms with E-state index >= 15 is 0 Å². The molecular formula is C15H17N5S. The monoisotopic (exact) mass is 299 g/mol. The summed E-state index contributed by atoms with van der Waals surface area (Å²) in [5, 5.41) is 6.43. The molecule has 3 rings (SSSR count). The third-order valence-electron chi connectivity index (χ3n) is 3.23. The Morgan fingerprint density at radius 1 is 1.10 bits per heavy atom. The van der Waals surface area contributed by atoms with Gasteiger partial charge in [-0.15, -0.1) is 11.3 Å². The summed E-state index contributed by atoms with van der Waals surface area (Å²) in [4.78, 5) is 9.64. The Bertz CT molecular complexity index is 710. The minimum atomic E-state index is 0.440. The molecule has 0 fully saturated rings. The van der Waals surface area contributed by atoms with E-state index in [2.05, 4.69) is 45.0 Å². The normalized spacial score (nSPS) is 10.7. The van der Waals surface area contributed by atoms with Gasteiger partial charge in [0.15, 0.2) is 0 Å². The van der Waals surface area contributed by atoms with Crippen LogP contribution in [-0.4, -0.2) is 16.5 Å². The van der Waals surface area contributed by atoms with Gasteiger partial charge in [-0.2, -0.15) is 4.98 Å². The van der Waals surface area contributed by atoms with Crippen LogP contribution < -0.4 is 16.6 Å². The van der Waals surface area contributed by atoms with E-state index in [4.69, 9.17) is 5.84 Å². The summed E-state index contributed by atoms with van der Waals surface area (Å²) in [6, 6.07) is 12.5. The number of nitrogens with one attached hydrogen (secondary N) is 2. The second-order valence-electron chi connectivity index (χ2n) is 4.70. The number of nitrogens with two attached hydrogens (primary N) is 1. The standard InChI is InChI=1S/C15H17N5S/c16-20-15-18-13(12-8-10-21-14(12)19-15)17-9-4-7-11-5-2-1-3-6-11/h1-3,5-6,8,10H,4,7,9,16H2,(H2,17,18,19,20). The van der Waals surface area contributed by atoms with Crippen LogP contribution in [0.2, 0.25) is 0 Å². The van der Waals surface area contributed by atoms with Crippen LogP contribution in [0, 0.1) is 0 Å². The maximum Gasteiger partial charge on any atom is 0.240 e. The van der Waals surface area contributed by atoms with Gasteiger partial charge >= 0.3 is 0 Å². The Balaban J connectivity index is 1.63. The third kappa shape index (κ3) is 3.29. The molecule has 5 nitrogen and oxygen atoms in total. The summed E-state index contributed by atoms with van der Waals surface area (Å²) in [6.07, 6.45) is 2.10. The molecule has 0 amide bonds. The van der Waals surface area contributed by atoms with Crippen LogP contribution in [0.4, 0.5) is 11.8 Å². The van der Waals surface area contributed by atoms with Gasteiger partial charge in [-0.3, -0.25) is 5.43 Å². The van der Waals surface area contributed by atoms with Crippen molar-refractivity contribution in [2.45, 2.75) is 12.8 Å². The van der Waals surface area contributed by atoms with Crippen LogP contribution in [-0.2, 0) is 6.42 Å². The lowest BCUT2D eigenvalue weighted by atomic mass is 10.1. The molecule has 0 bridgehead atoms. The van der Waals surface area contributed by atoms with Crippen molar-refractivity contribution in [2.75, 3.05) is 17.3 Å². The smallest absolute Gasteiger partial charge is 0.240 e. The topological polar surface area (TPSA) is 75.9 Å². The Hall–Kier alpha value is -2.18. The molecule has 0 saturated heterocycles. The van der Waals surface area contributed by atoms with Crippen LogP contribution in [0.3, 0.4) is 0 Å². The Kier molecular flexibility index (Phi) is 4.28. The summed E-state index contributed by atoms with van der Waals surface area (Å²) in [5.41, 5.74) is 3.86. The SMILES string of the molecule is NNc1nc(NCCCc2ccccc2)c2ccsc2n1. The van der Waals surface area contributed by atoms with Gasteiger partial charge in [0.1, 0.15) is 10.6 Å². The van der Waals surface area contributed by atoms with E-state index in [1.165, 1.54) is 5.56 Å². The maximum absolute atomic E-state index is 5.41. The number of aromatic nitrogens is 2. The molecule has 1 aromatic carbocycles. The number of fused-ring (bicyclic) bond motifs is 1. The molecule has 0 saturated carbocycles. The third-order valence-corrected chi connectivity index (χ3v) is 4.04. The van der Waals surface area contributed by atoms with E-state index in [9.17, 15) is 0 Å². The fourth-order valence-electron chi connectivity index (χ4n) is 2.20. The van der Waals surface area contributed by atoms with Crippen molar-refractivity contribution < 1.29 is 0 Å². The van der Waals surface area contributed by atoms with Gasteiger partial charge in [-0.05, 0) is 29.9 Å². The lowest BCUT2D eigenvalue weighted by Crippen LogP contribution is -2.12. The molecule has 108 valence electrons. The van der Waals surface area contributed by atoms with Gasteiger partial charge in [-0.1, -0.05) is 30.3 Å². The minimum absolute atomic E-state index is 0.440. The number of aryl methyl sites for hydroxylation is 1. The number of hydrogen-bond acceptors (Lipinski definition) is 6. The number of nitrogen functional groups attached to an aromatic ring is 1. The zero-order valence-electron chi connectivity index (χ0n) is 11.5. The average Bonchev–Trinajstić information content (AvgIpc) is 3.00. The molecular weight excluding hydrogens is 282 g/mol. The summed E-state index contributed by atoms with van der Waals surface area (Å²) >= 11 is 1.58. The van der Waals surface area contributed by atoms with Crippen LogP contribution in [0.1, 0.15) is 12.0 Å². The molecule has 2 aromatic heterocycles. The summed E-state index contributed by atoms with van der Waals surface area (Å²) in [5.74, 6) is 6.69. The van der Waals surface area contributed by atoms with Gasteiger partial charge in [0.05, 0.1) is 5.39 Å². The number of thiophene rings is 1. The first kappa shape index (κ1) is 13.8. The zero-order chi connectivity index (χ0) is 14.5. The van der Waals surface area contributed by atoms with Crippen molar-refractivity contribution in [3.05, 3.63) is 47.3 Å². The highest BCUT2D eigenvalue weighted by Crippen LogP contribution is 2.26. The van der Waals surface area contributed by atoms with Gasteiger partial charge in [0.2, 0.25) is 5.95 Å². The van der Waals surface area contributed by atoms with Gasteiger partial charge in [0.25, 0.3) is 0 Å². The number of rotatable bonds is 6. The minimum Gasteiger partial charge on any atom is -0.369 e. The van der Waals surface area contributed by atoms with Crippen molar-refractivity contribution in [1.82, 2.24) is 9.97 Å². The molecule has 0 atom stereocenters. The predicted octanol–water partition coefficient (Wildman–Crippen LogP) is 3.02. The molecule has 4 N–H and O–H groups in total. The zero-order valence-corrected chi connectivity index (χ0v) is 12.4. The first-order chi connectivity index (χ1) is 10.4. The maximum atomic E-state index is 5.41. The Morgan fingerprint density at radius 2 is 1.95 bits per heavy atom. The van der Waals surface area contributed by atoms with E-state index in [1.807, 2.05) is 17.5 Å². The Morgan fingerprint density at radius 3 is 2.76 bits per heavy atom. The molecule has 0 aliphatic carbocycles. The molecule has 21 heavy (non-hydrogen) atoms. The van der Waals surface area contributed by atoms with Crippen LogP contribution in [0.25, 0.3) is 10.2 Å². The highest BCUT2D eigenvalue weighted by Gasteiger charge is 2.07. The number of hydrazine groups is 1. The summed E-state index contributed by atoms with van der Waals surface area (Å²) in [6.45, 7) is 0.862. The van der Waals surface area contributed by atoms with Crippen molar-refractivity contribution in [2.24, 2.45) is 5.84 Å². The van der Waals surface area contributed by atoms with Gasteiger partial charge in [0, 0.05) is 6.54 Å². The molecule has 2 heterocycles. The lowest BCUT2D eigenvalue weighted by Gasteiger charge is -2.08. The summed E-state index contributed by atoms with van der Waals surface area (Å²) in [7, 11) is 0. The lowest BCUT2D eigenvalue weighted by molar-refractivity contribution is 0.859. The van der Waals surface area contributed by atoms with E-state index < -0.39 is 0 Å². The molecule has 0 radical (unpaired) electrons. The number of anilines is 2. The first-order valence-electron chi connectivity index (χ1n) is 6.86. The molecule has 0 spiro atoms. The molecule has 6 heteroatoms. The predicted molar refractivity (Wildman–Crippen MR) is 88.5 cm³/mol. The highest BCUT2D eigenvalue weighted by atomic mass is 32.1. The highest BCUT2D eigenvalue weighted by molar-refractivity contribution is 7.16. The van der Waals surface area contributed by atoms with E-state index in [0.29, 0.717) is 5.95 Å². The second kappa shape index (κ2) is 6.51. The molecule has 0 unspecified atom stereocenters. The van der Waals surface area contributed by atoms with Crippen LogP contribution >= 0.6 is 11.3 Å². The quantitative estimate of drug-likeness (QED) is 0.370. The second-order valence-corrected chi connectivity index (χ2v) is 5.59. The van der Waals surface area contributed by atoms with Crippen molar-refractivity contribution in [3.8, 4) is 0 Å². The fourth-order valence-corrected chi connectivity index (χ4v) is 2.96. The fraction of sp³-hybridized carbons (Fsp3) is 0.200. The van der Waals surface area contributed by atoms with Crippen molar-refractivity contribution in [1.29, 1.82) is 0 Å². The first-order valence-corrected chi connectivity index (χ1v) is 7.74. The van der Waals surface area contributed by atoms with Crippen LogP contribution in [0.15, 0.2) is 41.8 Å². The summed E-state index contributed by atoms with van der Waals surface area (Å²) < 4.78 is 0. The largest absolute Gasteiger partial charge is 0.369 e. The number of benzene rings is 1. The van der Waals surface area contributed by atoms with Crippen molar-refractivity contribution >= 4 is 33.3 Å². The Labute approximate surface area is 127 Å². The van der Waals surface area contributed by atoms with Gasteiger partial charge in [-0.25, -0.2) is 10.8 Å². The van der Waals surface area contributed by atoms with Crippen molar-refractivity contribution in [3.63, 3.8) is 0 Å². The number of nitrogens with zero attached hydrogens (tertiary/aromatic N) is 2. The molecule has 0 aliphatic heterocycles. The number of hydrogen-bond donors (Lipinski definition) is 3. The molecule has 0 aliphatic rings. The molecule has 3 aromatic rings.